The van der Waals surface area contributed by atoms with Crippen LogP contribution in [0, 0.1) is 0 Å². The number of benzene rings is 8. The van der Waals surface area contributed by atoms with Crippen LogP contribution < -0.4 is 0 Å². The fraction of sp³-hybridized carbons (Fsp3) is 0.0588. The van der Waals surface area contributed by atoms with Gasteiger partial charge in [0.15, 0.2) is 0 Å². The highest BCUT2D eigenvalue weighted by Gasteiger charge is 2.37. The van der Waals surface area contributed by atoms with Crippen molar-refractivity contribution in [2.75, 3.05) is 0 Å². The first kappa shape index (κ1) is 30.8. The van der Waals surface area contributed by atoms with Crippen molar-refractivity contribution in [1.82, 2.24) is 14.5 Å². The second-order valence-electron chi connectivity index (χ2n) is 15.0. The van der Waals surface area contributed by atoms with Crippen LogP contribution in [-0.2, 0) is 5.41 Å². The van der Waals surface area contributed by atoms with Gasteiger partial charge in [-0.2, -0.15) is 0 Å². The quantitative estimate of drug-likeness (QED) is 0.184. The first-order valence-electron chi connectivity index (χ1n) is 18.7. The largest absolute Gasteiger partial charge is 0.277 e. The topological polar surface area (TPSA) is 30.7 Å². The third kappa shape index (κ3) is 4.48. The number of aromatic nitrogens is 3. The second-order valence-corrected chi connectivity index (χ2v) is 15.0. The van der Waals surface area contributed by atoms with Crippen LogP contribution in [0.4, 0.5) is 0 Å². The Morgan fingerprint density at radius 2 is 1.06 bits per heavy atom. The molecule has 0 saturated carbocycles. The molecule has 1 aliphatic carbocycles. The fourth-order valence-corrected chi connectivity index (χ4v) is 9.00. The van der Waals surface area contributed by atoms with Gasteiger partial charge in [-0.1, -0.05) is 172 Å². The number of nitrogens with zero attached hydrogens (tertiary/aromatic N) is 3. The molecule has 0 spiro atoms. The molecular formula is C51H35N3. The predicted octanol–water partition coefficient (Wildman–Crippen LogP) is 13.2. The van der Waals surface area contributed by atoms with Crippen molar-refractivity contribution in [2.24, 2.45) is 0 Å². The van der Waals surface area contributed by atoms with Gasteiger partial charge in [-0.05, 0) is 67.6 Å². The van der Waals surface area contributed by atoms with E-state index in [1.807, 2.05) is 12.1 Å². The van der Waals surface area contributed by atoms with Gasteiger partial charge in [0.05, 0.1) is 22.4 Å². The molecule has 3 nitrogen and oxygen atoms in total. The first-order chi connectivity index (χ1) is 26.5. The Labute approximate surface area is 313 Å². The van der Waals surface area contributed by atoms with E-state index in [0.29, 0.717) is 5.95 Å². The Hall–Kier alpha value is -6.84. The van der Waals surface area contributed by atoms with Gasteiger partial charge in [0.25, 0.3) is 0 Å². The third-order valence-electron chi connectivity index (χ3n) is 11.6. The van der Waals surface area contributed by atoms with Gasteiger partial charge in [0.2, 0.25) is 5.95 Å². The van der Waals surface area contributed by atoms with E-state index in [9.17, 15) is 0 Å². The van der Waals surface area contributed by atoms with Gasteiger partial charge < -0.3 is 0 Å². The molecule has 0 amide bonds. The lowest BCUT2D eigenvalue weighted by Crippen LogP contribution is -2.15. The summed E-state index contributed by atoms with van der Waals surface area (Å²) >= 11 is 0. The van der Waals surface area contributed by atoms with Crippen molar-refractivity contribution in [3.8, 4) is 50.7 Å². The minimum atomic E-state index is -0.154. The van der Waals surface area contributed by atoms with Crippen LogP contribution in [0.25, 0.3) is 94.1 Å². The predicted molar refractivity (Wildman–Crippen MR) is 225 cm³/mol. The highest BCUT2D eigenvalue weighted by molar-refractivity contribution is 6.23. The van der Waals surface area contributed by atoms with Crippen LogP contribution in [0.3, 0.4) is 0 Å². The lowest BCUT2D eigenvalue weighted by atomic mass is 9.81. The zero-order chi connectivity index (χ0) is 36.0. The zero-order valence-corrected chi connectivity index (χ0v) is 30.1. The van der Waals surface area contributed by atoms with Crippen LogP contribution in [0.1, 0.15) is 25.0 Å². The normalized spacial score (nSPS) is 13.1. The van der Waals surface area contributed by atoms with Gasteiger partial charge in [-0.15, -0.1) is 0 Å². The maximum atomic E-state index is 5.38. The van der Waals surface area contributed by atoms with Gasteiger partial charge in [0, 0.05) is 32.9 Å². The molecule has 0 bridgehead atoms. The summed E-state index contributed by atoms with van der Waals surface area (Å²) in [5, 5.41) is 7.41. The van der Waals surface area contributed by atoms with Gasteiger partial charge in [-0.3, -0.25) is 4.57 Å². The smallest absolute Gasteiger partial charge is 0.235 e. The van der Waals surface area contributed by atoms with Crippen molar-refractivity contribution in [2.45, 2.75) is 19.3 Å². The summed E-state index contributed by atoms with van der Waals surface area (Å²) in [5.74, 6) is 0.651. The van der Waals surface area contributed by atoms with E-state index < -0.39 is 0 Å². The van der Waals surface area contributed by atoms with E-state index in [-0.39, 0.29) is 5.41 Å². The Kier molecular flexibility index (Phi) is 6.60. The summed E-state index contributed by atoms with van der Waals surface area (Å²) < 4.78 is 2.31. The minimum Gasteiger partial charge on any atom is -0.277 e. The van der Waals surface area contributed by atoms with Crippen LogP contribution >= 0.6 is 0 Å². The van der Waals surface area contributed by atoms with Crippen LogP contribution in [-0.4, -0.2) is 14.5 Å². The molecule has 54 heavy (non-hydrogen) atoms. The lowest BCUT2D eigenvalue weighted by molar-refractivity contribution is 0.661. The summed E-state index contributed by atoms with van der Waals surface area (Å²) in [6, 6.07) is 63.4. The second kappa shape index (κ2) is 11.6. The number of hydrogen-bond donors (Lipinski definition) is 0. The molecule has 2 aromatic heterocycles. The first-order valence-corrected chi connectivity index (χ1v) is 18.7. The third-order valence-corrected chi connectivity index (χ3v) is 11.6. The highest BCUT2D eigenvalue weighted by atomic mass is 15.2. The maximum absolute atomic E-state index is 5.38. The average Bonchev–Trinajstić information content (AvgIpc) is 3.70. The molecule has 0 aliphatic heterocycles. The van der Waals surface area contributed by atoms with Crippen molar-refractivity contribution in [3.05, 3.63) is 187 Å². The van der Waals surface area contributed by atoms with Crippen LogP contribution in [0.15, 0.2) is 176 Å². The SMILES string of the molecule is CC1(C)c2cc(-c3cccc4c5c6ccccc6ccc5n(-c5nc(-c6ccccc6)cc(-c6ccccc6)n5)c34)ccc2-c2c1ccc1ccccc21. The molecule has 0 atom stereocenters. The Balaban J connectivity index is 1.22. The zero-order valence-electron chi connectivity index (χ0n) is 30.1. The number of fused-ring (bicyclic) bond motifs is 10. The number of para-hydroxylation sites is 1. The molecule has 0 saturated heterocycles. The van der Waals surface area contributed by atoms with Gasteiger partial charge in [0.1, 0.15) is 0 Å². The molecule has 0 fully saturated rings. The minimum absolute atomic E-state index is 0.154. The van der Waals surface area contributed by atoms with Crippen LogP contribution in [0.2, 0.25) is 0 Å². The number of rotatable bonds is 4. The summed E-state index contributed by atoms with van der Waals surface area (Å²) in [5.41, 5.74) is 13.7. The Morgan fingerprint density at radius 3 is 1.78 bits per heavy atom. The molecule has 8 aromatic carbocycles. The summed E-state index contributed by atoms with van der Waals surface area (Å²) in [6.45, 7) is 4.74. The fourth-order valence-electron chi connectivity index (χ4n) is 9.00. The number of hydrogen-bond acceptors (Lipinski definition) is 2. The van der Waals surface area contributed by atoms with E-state index in [1.165, 1.54) is 60.1 Å². The molecule has 1 aliphatic rings. The average molecular weight is 690 g/mol. The molecule has 2 heterocycles. The summed E-state index contributed by atoms with van der Waals surface area (Å²) in [4.78, 5) is 10.8. The molecule has 254 valence electrons. The summed E-state index contributed by atoms with van der Waals surface area (Å²) in [6.07, 6.45) is 0. The lowest BCUT2D eigenvalue weighted by Gasteiger charge is -2.22. The van der Waals surface area contributed by atoms with E-state index >= 15 is 0 Å². The van der Waals surface area contributed by atoms with Gasteiger partial charge in [-0.25, -0.2) is 9.97 Å². The van der Waals surface area contributed by atoms with E-state index in [4.69, 9.17) is 9.97 Å². The maximum Gasteiger partial charge on any atom is 0.235 e. The van der Waals surface area contributed by atoms with Crippen molar-refractivity contribution in [1.29, 1.82) is 0 Å². The molecule has 0 radical (unpaired) electrons. The molecule has 3 heteroatoms. The molecular weight excluding hydrogens is 655 g/mol. The van der Waals surface area contributed by atoms with Crippen molar-refractivity contribution < 1.29 is 0 Å². The molecule has 0 N–H and O–H groups in total. The van der Waals surface area contributed by atoms with E-state index in [0.717, 1.165) is 39.1 Å². The van der Waals surface area contributed by atoms with E-state index in [1.54, 1.807) is 0 Å². The summed E-state index contributed by atoms with van der Waals surface area (Å²) in [7, 11) is 0. The van der Waals surface area contributed by atoms with Crippen molar-refractivity contribution in [3.63, 3.8) is 0 Å². The highest BCUT2D eigenvalue weighted by Crippen LogP contribution is 2.52. The standard InChI is InChI=1S/C51H35N3/c1-51(2)42-28-25-32-14-9-11-20-37(32)47(42)40-27-24-36(30-43(40)51)39-22-13-23-41-48-38-21-12-10-15-33(38)26-29-46(48)54(49(39)41)50-52-44(34-16-5-3-6-17-34)31-45(53-50)35-18-7-4-8-19-35/h3-31H,1-2H3. The molecule has 0 unspecified atom stereocenters. The van der Waals surface area contributed by atoms with Crippen LogP contribution in [0.5, 0.6) is 0 Å². The molecule has 11 rings (SSSR count). The Morgan fingerprint density at radius 1 is 0.444 bits per heavy atom. The van der Waals surface area contributed by atoms with Crippen molar-refractivity contribution >= 4 is 43.4 Å². The molecule has 10 aromatic rings. The monoisotopic (exact) mass is 689 g/mol. The van der Waals surface area contributed by atoms with Gasteiger partial charge >= 0.3 is 0 Å². The van der Waals surface area contributed by atoms with E-state index in [2.05, 4.69) is 182 Å². The Bertz CT molecular complexity index is 3060.